The monoisotopic (exact) mass is 572 g/mol. The predicted octanol–water partition coefficient (Wildman–Crippen LogP) is 5.96. The summed E-state index contributed by atoms with van der Waals surface area (Å²) in [5, 5.41) is 3.46. The van der Waals surface area contributed by atoms with E-state index in [0.717, 1.165) is 8.78 Å². The molecule has 0 aliphatic carbocycles. The summed E-state index contributed by atoms with van der Waals surface area (Å²) in [6.45, 7) is 1.16. The molecule has 1 atom stereocenters. The fourth-order valence-electron chi connectivity index (χ4n) is 3.10. The third-order valence-corrected chi connectivity index (χ3v) is 7.80. The van der Waals surface area contributed by atoms with E-state index < -0.39 is 28.5 Å². The fraction of sp³-hybridized carbons (Fsp3) is 0.174. The van der Waals surface area contributed by atoms with Crippen LogP contribution >= 0.6 is 39.1 Å². The van der Waals surface area contributed by atoms with Crippen LogP contribution in [0.3, 0.4) is 0 Å². The third-order valence-electron chi connectivity index (χ3n) is 4.88. The van der Waals surface area contributed by atoms with Gasteiger partial charge in [0, 0.05) is 21.1 Å². The Balaban J connectivity index is 1.86. The Labute approximate surface area is 210 Å². The smallest absolute Gasteiger partial charge is 0.243 e. The molecule has 0 radical (unpaired) electrons. The van der Waals surface area contributed by atoms with E-state index in [4.69, 9.17) is 23.2 Å². The fourth-order valence-corrected chi connectivity index (χ4v) is 5.21. The molecule has 10 heteroatoms. The van der Waals surface area contributed by atoms with Gasteiger partial charge in [0.1, 0.15) is 5.82 Å². The summed E-state index contributed by atoms with van der Waals surface area (Å²) in [7, 11) is -4.03. The van der Waals surface area contributed by atoms with Gasteiger partial charge < -0.3 is 5.32 Å². The minimum absolute atomic E-state index is 0.0372. The van der Waals surface area contributed by atoms with Gasteiger partial charge in [-0.3, -0.25) is 4.79 Å². The standard InChI is InChI=1S/C23H20BrCl2FN2O3S/c1-15(16-3-8-20(27)9-4-16)28-23(30)14-29(13-17-2-7-19(25)12-22(17)26)33(31,32)21-10-5-18(24)6-11-21/h2-12,15H,13-14H2,1H3,(H,28,30). The molecular weight excluding hydrogens is 554 g/mol. The highest BCUT2D eigenvalue weighted by molar-refractivity contribution is 9.10. The number of hydrogen-bond acceptors (Lipinski definition) is 3. The molecule has 0 saturated heterocycles. The Morgan fingerprint density at radius 2 is 1.70 bits per heavy atom. The van der Waals surface area contributed by atoms with Crippen LogP contribution in [0.1, 0.15) is 24.1 Å². The molecule has 33 heavy (non-hydrogen) atoms. The SMILES string of the molecule is CC(NC(=O)CN(Cc1ccc(Cl)cc1Cl)S(=O)(=O)c1ccc(Br)cc1)c1ccc(F)cc1. The van der Waals surface area contributed by atoms with Crippen LogP contribution in [-0.2, 0) is 21.4 Å². The summed E-state index contributed by atoms with van der Waals surface area (Å²) in [5.41, 5.74) is 1.19. The van der Waals surface area contributed by atoms with Gasteiger partial charge in [0.05, 0.1) is 17.5 Å². The van der Waals surface area contributed by atoms with Gasteiger partial charge in [-0.15, -0.1) is 0 Å². The van der Waals surface area contributed by atoms with Crippen molar-refractivity contribution < 1.29 is 17.6 Å². The molecule has 0 spiro atoms. The van der Waals surface area contributed by atoms with E-state index in [1.54, 1.807) is 43.3 Å². The number of nitrogens with one attached hydrogen (secondary N) is 1. The summed E-state index contributed by atoms with van der Waals surface area (Å²) in [6, 6.07) is 16.1. The topological polar surface area (TPSA) is 66.5 Å². The van der Waals surface area contributed by atoms with Gasteiger partial charge in [-0.05, 0) is 66.6 Å². The first-order valence-corrected chi connectivity index (χ1v) is 12.8. The summed E-state index contributed by atoms with van der Waals surface area (Å²) in [4.78, 5) is 12.8. The summed E-state index contributed by atoms with van der Waals surface area (Å²) in [5.74, 6) is -0.901. The molecule has 0 bridgehead atoms. The molecule has 0 fully saturated rings. The van der Waals surface area contributed by atoms with E-state index in [2.05, 4.69) is 21.2 Å². The molecule has 0 heterocycles. The number of benzene rings is 3. The van der Waals surface area contributed by atoms with Crippen molar-refractivity contribution in [2.45, 2.75) is 24.4 Å². The molecule has 1 unspecified atom stereocenters. The van der Waals surface area contributed by atoms with Gasteiger partial charge in [-0.2, -0.15) is 4.31 Å². The van der Waals surface area contributed by atoms with E-state index in [1.165, 1.54) is 30.3 Å². The maximum atomic E-state index is 13.4. The highest BCUT2D eigenvalue weighted by Gasteiger charge is 2.28. The zero-order chi connectivity index (χ0) is 24.2. The first-order valence-electron chi connectivity index (χ1n) is 9.81. The van der Waals surface area contributed by atoms with Crippen LogP contribution < -0.4 is 5.32 Å². The first kappa shape index (κ1) is 25.6. The Kier molecular flexibility index (Phi) is 8.53. The minimum Gasteiger partial charge on any atom is -0.348 e. The Bertz CT molecular complexity index is 1240. The molecule has 174 valence electrons. The van der Waals surface area contributed by atoms with Gasteiger partial charge in [0.15, 0.2) is 0 Å². The molecule has 1 amide bonds. The van der Waals surface area contributed by atoms with Crippen LogP contribution in [0.5, 0.6) is 0 Å². The van der Waals surface area contributed by atoms with E-state index in [-0.39, 0.29) is 17.3 Å². The first-order chi connectivity index (χ1) is 15.6. The second kappa shape index (κ2) is 11.0. The van der Waals surface area contributed by atoms with Crippen LogP contribution in [0.25, 0.3) is 0 Å². The number of sulfonamides is 1. The van der Waals surface area contributed by atoms with Crippen molar-refractivity contribution in [3.8, 4) is 0 Å². The van der Waals surface area contributed by atoms with Crippen LogP contribution in [-0.4, -0.2) is 25.2 Å². The van der Waals surface area contributed by atoms with Crippen molar-refractivity contribution in [1.82, 2.24) is 9.62 Å². The molecular formula is C23H20BrCl2FN2O3S. The second-order valence-corrected chi connectivity index (χ2v) is 11.0. The zero-order valence-electron chi connectivity index (χ0n) is 17.4. The van der Waals surface area contributed by atoms with Crippen LogP contribution in [0, 0.1) is 5.82 Å². The van der Waals surface area contributed by atoms with Crippen molar-refractivity contribution >= 4 is 55.1 Å². The Morgan fingerprint density at radius 1 is 1.06 bits per heavy atom. The van der Waals surface area contributed by atoms with Gasteiger partial charge in [0.2, 0.25) is 15.9 Å². The average Bonchev–Trinajstić information content (AvgIpc) is 2.75. The van der Waals surface area contributed by atoms with Crippen LogP contribution in [0.15, 0.2) is 76.1 Å². The summed E-state index contributed by atoms with van der Waals surface area (Å²) < 4.78 is 41.7. The lowest BCUT2D eigenvalue weighted by atomic mass is 10.1. The van der Waals surface area contributed by atoms with E-state index in [9.17, 15) is 17.6 Å². The van der Waals surface area contributed by atoms with Gasteiger partial charge in [0.25, 0.3) is 0 Å². The molecule has 3 rings (SSSR count). The largest absolute Gasteiger partial charge is 0.348 e. The molecule has 0 aliphatic rings. The maximum absolute atomic E-state index is 13.4. The number of rotatable bonds is 8. The number of carbonyl (C=O) groups excluding carboxylic acids is 1. The predicted molar refractivity (Wildman–Crippen MR) is 131 cm³/mol. The highest BCUT2D eigenvalue weighted by atomic mass is 79.9. The lowest BCUT2D eigenvalue weighted by Gasteiger charge is -2.24. The van der Waals surface area contributed by atoms with E-state index in [0.29, 0.717) is 21.2 Å². The van der Waals surface area contributed by atoms with Gasteiger partial charge >= 0.3 is 0 Å². The highest BCUT2D eigenvalue weighted by Crippen LogP contribution is 2.26. The summed E-state index contributed by atoms with van der Waals surface area (Å²) in [6.07, 6.45) is 0. The van der Waals surface area contributed by atoms with Crippen molar-refractivity contribution in [2.24, 2.45) is 0 Å². The second-order valence-electron chi connectivity index (χ2n) is 7.30. The molecule has 1 N–H and O–H groups in total. The molecule has 0 aliphatic heterocycles. The van der Waals surface area contributed by atoms with Crippen molar-refractivity contribution in [3.63, 3.8) is 0 Å². The molecule has 5 nitrogen and oxygen atoms in total. The molecule has 0 saturated carbocycles. The number of halogens is 4. The normalized spacial score (nSPS) is 12.5. The van der Waals surface area contributed by atoms with Gasteiger partial charge in [-0.1, -0.05) is 57.3 Å². The van der Waals surface area contributed by atoms with Crippen molar-refractivity contribution in [1.29, 1.82) is 0 Å². The number of nitrogens with zero attached hydrogens (tertiary/aromatic N) is 1. The minimum atomic E-state index is -4.03. The third kappa shape index (κ3) is 6.77. The van der Waals surface area contributed by atoms with Crippen molar-refractivity contribution in [2.75, 3.05) is 6.54 Å². The average molecular weight is 574 g/mol. The quantitative estimate of drug-likeness (QED) is 0.361. The Morgan fingerprint density at radius 3 is 2.30 bits per heavy atom. The lowest BCUT2D eigenvalue weighted by molar-refractivity contribution is -0.122. The number of amides is 1. The van der Waals surface area contributed by atoms with E-state index >= 15 is 0 Å². The molecule has 3 aromatic carbocycles. The lowest BCUT2D eigenvalue weighted by Crippen LogP contribution is -2.41. The molecule has 0 aromatic heterocycles. The maximum Gasteiger partial charge on any atom is 0.243 e. The van der Waals surface area contributed by atoms with Crippen molar-refractivity contribution in [3.05, 3.63) is 98.2 Å². The number of hydrogen-bond donors (Lipinski definition) is 1. The molecule has 3 aromatic rings. The number of carbonyl (C=O) groups is 1. The van der Waals surface area contributed by atoms with Gasteiger partial charge in [-0.25, -0.2) is 12.8 Å². The zero-order valence-corrected chi connectivity index (χ0v) is 21.3. The van der Waals surface area contributed by atoms with Crippen LogP contribution in [0.4, 0.5) is 4.39 Å². The Hall–Kier alpha value is -1.97. The van der Waals surface area contributed by atoms with Crippen LogP contribution in [0.2, 0.25) is 10.0 Å². The summed E-state index contributed by atoms with van der Waals surface area (Å²) >= 11 is 15.5. The van der Waals surface area contributed by atoms with E-state index in [1.807, 2.05) is 0 Å².